The fourth-order valence-electron chi connectivity index (χ4n) is 2.90. The lowest BCUT2D eigenvalue weighted by atomic mass is 10.0. The summed E-state index contributed by atoms with van der Waals surface area (Å²) in [6, 6.07) is 13.7. The number of amides is 2. The van der Waals surface area contributed by atoms with Gasteiger partial charge in [0.2, 0.25) is 11.8 Å². The van der Waals surface area contributed by atoms with E-state index in [0.29, 0.717) is 6.42 Å². The normalized spacial score (nSPS) is 18.7. The molecular formula is C20H21FN2O2. The van der Waals surface area contributed by atoms with Gasteiger partial charge in [0.1, 0.15) is 5.82 Å². The first-order chi connectivity index (χ1) is 12.0. The average molecular weight is 340 g/mol. The number of nitrogens with one attached hydrogen (secondary N) is 2. The SMILES string of the molecule is CC(C)c1ccccc1NC(=O)C1CC1C(=O)Nc1ccccc1F. The zero-order valence-electron chi connectivity index (χ0n) is 14.3. The Bertz CT molecular complexity index is 804. The Morgan fingerprint density at radius 2 is 1.44 bits per heavy atom. The van der Waals surface area contributed by atoms with Gasteiger partial charge in [-0.3, -0.25) is 9.59 Å². The van der Waals surface area contributed by atoms with Crippen molar-refractivity contribution in [1.82, 2.24) is 0 Å². The first kappa shape index (κ1) is 17.1. The minimum Gasteiger partial charge on any atom is -0.326 e. The van der Waals surface area contributed by atoms with Gasteiger partial charge in [0.15, 0.2) is 0 Å². The van der Waals surface area contributed by atoms with Gasteiger partial charge in [-0.15, -0.1) is 0 Å². The quantitative estimate of drug-likeness (QED) is 0.858. The summed E-state index contributed by atoms with van der Waals surface area (Å²) in [4.78, 5) is 24.6. The number of rotatable bonds is 5. The molecule has 2 aromatic rings. The molecule has 0 aromatic heterocycles. The van der Waals surface area contributed by atoms with Gasteiger partial charge in [-0.2, -0.15) is 0 Å². The highest BCUT2D eigenvalue weighted by Crippen LogP contribution is 2.40. The van der Waals surface area contributed by atoms with Crippen molar-refractivity contribution in [2.45, 2.75) is 26.2 Å². The molecule has 1 aliphatic carbocycles. The highest BCUT2D eigenvalue weighted by atomic mass is 19.1. The molecule has 0 bridgehead atoms. The number of carbonyl (C=O) groups excluding carboxylic acids is 2. The molecule has 0 aliphatic heterocycles. The van der Waals surface area contributed by atoms with Crippen LogP contribution < -0.4 is 10.6 Å². The lowest BCUT2D eigenvalue weighted by Crippen LogP contribution is -2.21. The van der Waals surface area contributed by atoms with Crippen molar-refractivity contribution in [3.8, 4) is 0 Å². The summed E-state index contributed by atoms with van der Waals surface area (Å²) in [6.07, 6.45) is 0.482. The Labute approximate surface area is 146 Å². The van der Waals surface area contributed by atoms with Gasteiger partial charge in [0, 0.05) is 5.69 Å². The van der Waals surface area contributed by atoms with Gasteiger partial charge in [0.05, 0.1) is 17.5 Å². The standard InChI is InChI=1S/C20H21FN2O2/c1-12(2)13-7-3-5-9-17(13)22-19(24)14-11-15(14)20(25)23-18-10-6-4-8-16(18)21/h3-10,12,14-15H,11H2,1-2H3,(H,22,24)(H,23,25). The maximum absolute atomic E-state index is 13.6. The van der Waals surface area contributed by atoms with E-state index >= 15 is 0 Å². The third-order valence-corrected chi connectivity index (χ3v) is 4.44. The summed E-state index contributed by atoms with van der Waals surface area (Å²) in [5.41, 5.74) is 1.98. The second-order valence-electron chi connectivity index (χ2n) is 6.65. The van der Waals surface area contributed by atoms with Crippen LogP contribution in [0.2, 0.25) is 0 Å². The summed E-state index contributed by atoms with van der Waals surface area (Å²) < 4.78 is 13.6. The van der Waals surface area contributed by atoms with Crippen LogP contribution in [0.5, 0.6) is 0 Å². The number of hydrogen-bond donors (Lipinski definition) is 2. The molecule has 2 N–H and O–H groups in total. The van der Waals surface area contributed by atoms with Crippen molar-refractivity contribution < 1.29 is 14.0 Å². The van der Waals surface area contributed by atoms with E-state index in [9.17, 15) is 14.0 Å². The van der Waals surface area contributed by atoms with Gasteiger partial charge < -0.3 is 10.6 Å². The van der Waals surface area contributed by atoms with Crippen LogP contribution in [0.4, 0.5) is 15.8 Å². The van der Waals surface area contributed by atoms with E-state index in [2.05, 4.69) is 24.5 Å². The summed E-state index contributed by atoms with van der Waals surface area (Å²) in [6.45, 7) is 4.12. The molecule has 0 saturated heterocycles. The average Bonchev–Trinajstić information content (AvgIpc) is 3.38. The molecule has 1 fully saturated rings. The third kappa shape index (κ3) is 3.87. The van der Waals surface area contributed by atoms with E-state index < -0.39 is 11.7 Å². The highest BCUT2D eigenvalue weighted by molar-refractivity contribution is 6.03. The van der Waals surface area contributed by atoms with E-state index in [1.54, 1.807) is 12.1 Å². The van der Waals surface area contributed by atoms with Crippen LogP contribution in [0, 0.1) is 17.7 Å². The molecule has 2 amide bonds. The summed E-state index contributed by atoms with van der Waals surface area (Å²) >= 11 is 0. The lowest BCUT2D eigenvalue weighted by molar-refractivity contribution is -0.122. The van der Waals surface area contributed by atoms with Crippen molar-refractivity contribution >= 4 is 23.2 Å². The minimum absolute atomic E-state index is 0.142. The van der Waals surface area contributed by atoms with E-state index in [4.69, 9.17) is 0 Å². The molecule has 0 spiro atoms. The maximum Gasteiger partial charge on any atom is 0.228 e. The molecule has 0 radical (unpaired) electrons. The second-order valence-corrected chi connectivity index (χ2v) is 6.65. The molecule has 5 heteroatoms. The molecule has 3 rings (SSSR count). The van der Waals surface area contributed by atoms with Gasteiger partial charge in [-0.25, -0.2) is 4.39 Å². The third-order valence-electron chi connectivity index (χ3n) is 4.44. The first-order valence-electron chi connectivity index (χ1n) is 8.42. The van der Waals surface area contributed by atoms with E-state index in [1.165, 1.54) is 12.1 Å². The van der Waals surface area contributed by atoms with Gasteiger partial charge in [0.25, 0.3) is 0 Å². The van der Waals surface area contributed by atoms with Crippen molar-refractivity contribution in [2.75, 3.05) is 10.6 Å². The van der Waals surface area contributed by atoms with Crippen LogP contribution in [0.3, 0.4) is 0 Å². The van der Waals surface area contributed by atoms with Gasteiger partial charge in [-0.1, -0.05) is 44.2 Å². The predicted octanol–water partition coefficient (Wildman–Crippen LogP) is 4.16. The number of anilines is 2. The predicted molar refractivity (Wildman–Crippen MR) is 95.8 cm³/mol. The molecule has 0 heterocycles. The number of halogens is 1. The molecule has 1 saturated carbocycles. The van der Waals surface area contributed by atoms with E-state index in [1.807, 2.05) is 24.3 Å². The molecule has 130 valence electrons. The Hall–Kier alpha value is -2.69. The van der Waals surface area contributed by atoms with Crippen molar-refractivity contribution in [2.24, 2.45) is 11.8 Å². The molecule has 2 aromatic carbocycles. The van der Waals surface area contributed by atoms with E-state index in [0.717, 1.165) is 11.3 Å². The minimum atomic E-state index is -0.483. The van der Waals surface area contributed by atoms with Gasteiger partial charge >= 0.3 is 0 Å². The van der Waals surface area contributed by atoms with Crippen LogP contribution >= 0.6 is 0 Å². The number of benzene rings is 2. The topological polar surface area (TPSA) is 58.2 Å². The fourth-order valence-corrected chi connectivity index (χ4v) is 2.90. The molecular weight excluding hydrogens is 319 g/mol. The lowest BCUT2D eigenvalue weighted by Gasteiger charge is -2.13. The molecule has 25 heavy (non-hydrogen) atoms. The number of hydrogen-bond acceptors (Lipinski definition) is 2. The van der Waals surface area contributed by atoms with Crippen LogP contribution in [0.15, 0.2) is 48.5 Å². The number of carbonyl (C=O) groups is 2. The van der Waals surface area contributed by atoms with Crippen LogP contribution in [-0.2, 0) is 9.59 Å². The Morgan fingerprint density at radius 1 is 0.920 bits per heavy atom. The van der Waals surface area contributed by atoms with E-state index in [-0.39, 0.29) is 29.3 Å². The zero-order valence-corrected chi connectivity index (χ0v) is 14.3. The first-order valence-corrected chi connectivity index (χ1v) is 8.42. The van der Waals surface area contributed by atoms with Crippen molar-refractivity contribution in [3.05, 3.63) is 59.9 Å². The van der Waals surface area contributed by atoms with Crippen LogP contribution in [0.25, 0.3) is 0 Å². The largest absolute Gasteiger partial charge is 0.326 e. The molecule has 4 nitrogen and oxygen atoms in total. The van der Waals surface area contributed by atoms with Crippen molar-refractivity contribution in [1.29, 1.82) is 0 Å². The van der Waals surface area contributed by atoms with Crippen LogP contribution in [-0.4, -0.2) is 11.8 Å². The summed E-state index contributed by atoms with van der Waals surface area (Å²) in [5.74, 6) is -1.46. The molecule has 1 aliphatic rings. The Balaban J connectivity index is 1.61. The molecule has 2 atom stereocenters. The smallest absolute Gasteiger partial charge is 0.228 e. The molecule has 2 unspecified atom stereocenters. The number of para-hydroxylation sites is 2. The summed E-state index contributed by atoms with van der Waals surface area (Å²) in [7, 11) is 0. The Kier molecular flexibility index (Phi) is 4.83. The zero-order chi connectivity index (χ0) is 18.0. The maximum atomic E-state index is 13.6. The van der Waals surface area contributed by atoms with Crippen LogP contribution in [0.1, 0.15) is 31.7 Å². The highest BCUT2D eigenvalue weighted by Gasteiger charge is 2.48. The van der Waals surface area contributed by atoms with Gasteiger partial charge in [-0.05, 0) is 36.1 Å². The fraction of sp³-hybridized carbons (Fsp3) is 0.300. The second kappa shape index (κ2) is 7.05. The monoisotopic (exact) mass is 340 g/mol. The Morgan fingerprint density at radius 3 is 2.04 bits per heavy atom. The van der Waals surface area contributed by atoms with Crippen molar-refractivity contribution in [3.63, 3.8) is 0 Å². The summed E-state index contributed by atoms with van der Waals surface area (Å²) in [5, 5.41) is 5.48.